The van der Waals surface area contributed by atoms with Crippen LogP contribution in [0.4, 0.5) is 0 Å². The van der Waals surface area contributed by atoms with Gasteiger partial charge in [-0.05, 0) is 62.0 Å². The molecule has 7 heteroatoms. The van der Waals surface area contributed by atoms with Crippen LogP contribution in [0.25, 0.3) is 10.9 Å². The summed E-state index contributed by atoms with van der Waals surface area (Å²) in [5, 5.41) is 5.45. The molecule has 1 aromatic heterocycles. The second kappa shape index (κ2) is 11.3. The Kier molecular flexibility index (Phi) is 8.16. The zero-order chi connectivity index (χ0) is 22.3. The van der Waals surface area contributed by atoms with Gasteiger partial charge < -0.3 is 19.9 Å². The van der Waals surface area contributed by atoms with Crippen LogP contribution in [0.3, 0.4) is 0 Å². The Bertz CT molecular complexity index is 964. The fourth-order valence-electron chi connectivity index (χ4n) is 4.77. The van der Waals surface area contributed by atoms with Gasteiger partial charge in [0.1, 0.15) is 0 Å². The molecule has 32 heavy (non-hydrogen) atoms. The maximum atomic E-state index is 12.8. The van der Waals surface area contributed by atoms with Crippen molar-refractivity contribution in [3.63, 3.8) is 0 Å². The highest BCUT2D eigenvalue weighted by Gasteiger charge is 2.19. The molecule has 2 aromatic rings. The van der Waals surface area contributed by atoms with E-state index in [2.05, 4.69) is 33.1 Å². The molecular formula is C25H36N4O2S. The lowest BCUT2D eigenvalue weighted by Crippen LogP contribution is -2.46. The van der Waals surface area contributed by atoms with E-state index >= 15 is 0 Å². The molecule has 1 saturated carbocycles. The van der Waals surface area contributed by atoms with Crippen LogP contribution in [0.2, 0.25) is 0 Å². The van der Waals surface area contributed by atoms with Gasteiger partial charge in [0.05, 0.1) is 19.8 Å². The van der Waals surface area contributed by atoms with Crippen molar-refractivity contribution in [2.24, 2.45) is 0 Å². The summed E-state index contributed by atoms with van der Waals surface area (Å²) in [6, 6.07) is 8.61. The summed E-state index contributed by atoms with van der Waals surface area (Å²) in [6.45, 7) is 8.09. The molecule has 1 aliphatic heterocycles. The summed E-state index contributed by atoms with van der Waals surface area (Å²) in [5.74, 6) is 0. The molecule has 1 aliphatic carbocycles. The molecule has 0 radical (unpaired) electrons. The van der Waals surface area contributed by atoms with E-state index in [9.17, 15) is 4.79 Å². The first-order valence-electron chi connectivity index (χ1n) is 12.1. The maximum Gasteiger partial charge on any atom is 0.253 e. The monoisotopic (exact) mass is 456 g/mol. The first-order chi connectivity index (χ1) is 15.6. The van der Waals surface area contributed by atoms with Gasteiger partial charge in [-0.3, -0.25) is 9.69 Å². The van der Waals surface area contributed by atoms with Gasteiger partial charge in [0.15, 0.2) is 5.11 Å². The lowest BCUT2D eigenvalue weighted by atomic mass is 9.96. The highest BCUT2D eigenvalue weighted by atomic mass is 32.1. The summed E-state index contributed by atoms with van der Waals surface area (Å²) >= 11 is 5.85. The van der Waals surface area contributed by atoms with E-state index in [1.165, 1.54) is 37.7 Å². The third kappa shape index (κ3) is 6.30. The number of benzene rings is 1. The van der Waals surface area contributed by atoms with Crippen molar-refractivity contribution in [1.29, 1.82) is 0 Å². The molecule has 2 heterocycles. The van der Waals surface area contributed by atoms with Gasteiger partial charge in [0, 0.05) is 43.3 Å². The lowest BCUT2D eigenvalue weighted by Gasteiger charge is -2.32. The van der Waals surface area contributed by atoms with Crippen LogP contribution >= 0.6 is 12.2 Å². The van der Waals surface area contributed by atoms with Crippen LogP contribution < -0.4 is 10.9 Å². The molecule has 0 amide bonds. The van der Waals surface area contributed by atoms with Gasteiger partial charge in [-0.2, -0.15) is 0 Å². The number of ether oxygens (including phenoxy) is 1. The number of nitrogens with zero attached hydrogens (tertiary/aromatic N) is 2. The smallest absolute Gasteiger partial charge is 0.253 e. The van der Waals surface area contributed by atoms with Gasteiger partial charge in [-0.1, -0.05) is 30.9 Å². The minimum absolute atomic E-state index is 0.0278. The molecule has 4 rings (SSSR count). The van der Waals surface area contributed by atoms with Gasteiger partial charge in [-0.25, -0.2) is 0 Å². The first kappa shape index (κ1) is 23.2. The summed E-state index contributed by atoms with van der Waals surface area (Å²) in [7, 11) is 0. The van der Waals surface area contributed by atoms with Crippen molar-refractivity contribution < 1.29 is 4.74 Å². The number of rotatable bonds is 7. The molecule has 6 nitrogen and oxygen atoms in total. The van der Waals surface area contributed by atoms with Crippen LogP contribution in [-0.4, -0.2) is 65.3 Å². The third-order valence-electron chi connectivity index (χ3n) is 6.66. The molecule has 0 bridgehead atoms. The number of hydrogen-bond acceptors (Lipinski definition) is 4. The van der Waals surface area contributed by atoms with Crippen LogP contribution in [0.5, 0.6) is 0 Å². The SMILES string of the molecule is Cc1ccc2[nH]c(=O)c(CN(CCCN3CCOCC3)C(=S)NC3CCCCC3)cc2c1. The van der Waals surface area contributed by atoms with Gasteiger partial charge in [-0.15, -0.1) is 0 Å². The number of thiocarbonyl (C=S) groups is 1. The zero-order valence-corrected chi connectivity index (χ0v) is 20.0. The standard InChI is InChI=1S/C25H36N4O2S/c1-19-8-9-23-20(16-19)17-21(24(30)27-23)18-29(11-5-10-28-12-14-31-15-13-28)25(32)26-22-6-3-2-4-7-22/h8-9,16-17,22H,2-7,10-15,18H2,1H3,(H,26,32)(H,27,30). The average molecular weight is 457 g/mol. The normalized spacial score (nSPS) is 18.0. The van der Waals surface area contributed by atoms with E-state index in [1.807, 2.05) is 18.2 Å². The summed E-state index contributed by atoms with van der Waals surface area (Å²) < 4.78 is 5.46. The Hall–Kier alpha value is -1.96. The second-order valence-corrected chi connectivity index (χ2v) is 9.61. The number of nitrogens with one attached hydrogen (secondary N) is 2. The average Bonchev–Trinajstić information content (AvgIpc) is 2.80. The van der Waals surface area contributed by atoms with Crippen molar-refractivity contribution in [3.8, 4) is 0 Å². The molecule has 0 unspecified atom stereocenters. The summed E-state index contributed by atoms with van der Waals surface area (Å²) in [4.78, 5) is 20.5. The first-order valence-corrected chi connectivity index (χ1v) is 12.5. The Balaban J connectivity index is 1.46. The Morgan fingerprint density at radius 2 is 2.00 bits per heavy atom. The van der Waals surface area contributed by atoms with E-state index in [0.717, 1.165) is 67.4 Å². The van der Waals surface area contributed by atoms with E-state index < -0.39 is 0 Å². The number of morpholine rings is 1. The highest BCUT2D eigenvalue weighted by molar-refractivity contribution is 7.80. The molecule has 1 saturated heterocycles. The molecule has 1 aromatic carbocycles. The van der Waals surface area contributed by atoms with Gasteiger partial charge >= 0.3 is 0 Å². The highest BCUT2D eigenvalue weighted by Crippen LogP contribution is 2.18. The van der Waals surface area contributed by atoms with Gasteiger partial charge in [0.25, 0.3) is 5.56 Å². The number of fused-ring (bicyclic) bond motifs is 1. The van der Waals surface area contributed by atoms with Gasteiger partial charge in [0.2, 0.25) is 0 Å². The van der Waals surface area contributed by atoms with Crippen LogP contribution in [0.15, 0.2) is 29.1 Å². The van der Waals surface area contributed by atoms with Crippen molar-refractivity contribution in [2.45, 2.75) is 58.0 Å². The predicted molar refractivity (Wildman–Crippen MR) is 134 cm³/mol. The minimum Gasteiger partial charge on any atom is -0.379 e. The summed E-state index contributed by atoms with van der Waals surface area (Å²) in [5.41, 5.74) is 2.81. The number of hydrogen-bond donors (Lipinski definition) is 2. The van der Waals surface area contributed by atoms with E-state index in [-0.39, 0.29) is 5.56 Å². The molecule has 2 N–H and O–H groups in total. The molecule has 0 spiro atoms. The molecular weight excluding hydrogens is 420 g/mol. The molecule has 2 aliphatic rings. The number of H-pyrrole nitrogens is 1. The number of aryl methyl sites for hydroxylation is 1. The van der Waals surface area contributed by atoms with Crippen LogP contribution in [0, 0.1) is 6.92 Å². The molecule has 174 valence electrons. The zero-order valence-electron chi connectivity index (χ0n) is 19.2. The predicted octanol–water partition coefficient (Wildman–Crippen LogP) is 3.57. The second-order valence-electron chi connectivity index (χ2n) is 9.23. The molecule has 2 fully saturated rings. The minimum atomic E-state index is -0.0278. The third-order valence-corrected chi connectivity index (χ3v) is 7.04. The fraction of sp³-hybridized carbons (Fsp3) is 0.600. The van der Waals surface area contributed by atoms with Crippen molar-refractivity contribution in [2.75, 3.05) is 39.4 Å². The van der Waals surface area contributed by atoms with E-state index in [0.29, 0.717) is 12.6 Å². The topological polar surface area (TPSA) is 60.6 Å². The summed E-state index contributed by atoms with van der Waals surface area (Å²) in [6.07, 6.45) is 7.22. The Morgan fingerprint density at radius 3 is 2.78 bits per heavy atom. The lowest BCUT2D eigenvalue weighted by molar-refractivity contribution is 0.0367. The number of pyridine rings is 1. The largest absolute Gasteiger partial charge is 0.379 e. The number of aromatic nitrogens is 1. The van der Waals surface area contributed by atoms with E-state index in [1.54, 1.807) is 0 Å². The molecule has 0 atom stereocenters. The quantitative estimate of drug-likeness (QED) is 0.621. The van der Waals surface area contributed by atoms with Crippen molar-refractivity contribution >= 4 is 28.2 Å². The van der Waals surface area contributed by atoms with Crippen LogP contribution in [0.1, 0.15) is 49.7 Å². The maximum absolute atomic E-state index is 12.8. The Labute approximate surface area is 196 Å². The van der Waals surface area contributed by atoms with Crippen LogP contribution in [-0.2, 0) is 11.3 Å². The van der Waals surface area contributed by atoms with Crippen molar-refractivity contribution in [3.05, 3.63) is 45.7 Å². The van der Waals surface area contributed by atoms with E-state index in [4.69, 9.17) is 17.0 Å². The fourth-order valence-corrected chi connectivity index (χ4v) is 5.09. The van der Waals surface area contributed by atoms with Crippen molar-refractivity contribution in [1.82, 2.24) is 20.1 Å². The number of aromatic amines is 1. The Morgan fingerprint density at radius 1 is 1.22 bits per heavy atom.